The third-order valence-corrected chi connectivity index (χ3v) is 3.97. The van der Waals surface area contributed by atoms with Gasteiger partial charge in [0.15, 0.2) is 0 Å². The minimum absolute atomic E-state index is 0.254. The first-order chi connectivity index (χ1) is 12.0. The van der Waals surface area contributed by atoms with Crippen LogP contribution in [0.5, 0.6) is 0 Å². The van der Waals surface area contributed by atoms with Gasteiger partial charge < -0.3 is 10.6 Å². The minimum atomic E-state index is -0.289. The van der Waals surface area contributed by atoms with Gasteiger partial charge in [0.1, 0.15) is 11.5 Å². The van der Waals surface area contributed by atoms with Crippen molar-refractivity contribution in [2.45, 2.75) is 13.8 Å². The molecule has 0 aliphatic carbocycles. The number of amides is 1. The van der Waals surface area contributed by atoms with Crippen molar-refractivity contribution in [2.75, 3.05) is 10.6 Å². The van der Waals surface area contributed by atoms with E-state index < -0.39 is 0 Å². The monoisotopic (exact) mass is 352 g/mol. The number of benzene rings is 2. The molecule has 0 saturated heterocycles. The quantitative estimate of drug-likeness (QED) is 0.711. The second-order valence-electron chi connectivity index (χ2n) is 5.64. The lowest BCUT2D eigenvalue weighted by atomic mass is 10.1. The van der Waals surface area contributed by atoms with Gasteiger partial charge in [-0.15, -0.1) is 0 Å². The highest BCUT2D eigenvalue weighted by atomic mass is 35.5. The molecule has 6 heteroatoms. The second-order valence-corrected chi connectivity index (χ2v) is 6.08. The van der Waals surface area contributed by atoms with Crippen LogP contribution >= 0.6 is 11.6 Å². The fourth-order valence-electron chi connectivity index (χ4n) is 2.38. The normalized spacial score (nSPS) is 10.4. The highest BCUT2D eigenvalue weighted by Gasteiger charge is 2.11. The van der Waals surface area contributed by atoms with E-state index in [0.717, 1.165) is 22.5 Å². The molecule has 5 nitrogen and oxygen atoms in total. The van der Waals surface area contributed by atoms with Crippen molar-refractivity contribution < 1.29 is 4.79 Å². The van der Waals surface area contributed by atoms with Crippen molar-refractivity contribution >= 4 is 34.7 Å². The van der Waals surface area contributed by atoms with Crippen LogP contribution in [0, 0.1) is 13.8 Å². The highest BCUT2D eigenvalue weighted by molar-refractivity contribution is 6.30. The van der Waals surface area contributed by atoms with Crippen LogP contribution in [0.15, 0.2) is 54.9 Å². The summed E-state index contributed by atoms with van der Waals surface area (Å²) < 4.78 is 0. The Morgan fingerprint density at radius 1 is 0.960 bits per heavy atom. The van der Waals surface area contributed by atoms with E-state index >= 15 is 0 Å². The molecule has 1 heterocycles. The lowest BCUT2D eigenvalue weighted by Crippen LogP contribution is -2.15. The number of carbonyl (C=O) groups excluding carboxylic acids is 1. The first kappa shape index (κ1) is 16.9. The standard InChI is InChI=1S/C19H17ClN4O/c1-12-4-3-5-13(2)18(12)24-19(25)16-10-22-17(11-21-16)23-15-8-6-14(20)7-9-15/h3-11H,1-2H3,(H,22,23)(H,24,25). The van der Waals surface area contributed by atoms with Gasteiger partial charge in [0, 0.05) is 16.4 Å². The molecule has 25 heavy (non-hydrogen) atoms. The van der Waals surface area contributed by atoms with Crippen molar-refractivity contribution in [3.63, 3.8) is 0 Å². The van der Waals surface area contributed by atoms with Gasteiger partial charge in [-0.05, 0) is 49.2 Å². The smallest absolute Gasteiger partial charge is 0.275 e. The third-order valence-electron chi connectivity index (χ3n) is 3.72. The second kappa shape index (κ2) is 7.32. The van der Waals surface area contributed by atoms with E-state index in [1.165, 1.54) is 12.4 Å². The molecule has 3 rings (SSSR count). The number of carbonyl (C=O) groups is 1. The summed E-state index contributed by atoms with van der Waals surface area (Å²) in [5, 5.41) is 6.66. The van der Waals surface area contributed by atoms with Crippen molar-refractivity contribution in [3.8, 4) is 0 Å². The summed E-state index contributed by atoms with van der Waals surface area (Å²) in [4.78, 5) is 20.8. The summed E-state index contributed by atoms with van der Waals surface area (Å²) in [6.45, 7) is 3.90. The summed E-state index contributed by atoms with van der Waals surface area (Å²) in [6, 6.07) is 13.1. The van der Waals surface area contributed by atoms with Crippen molar-refractivity contribution in [2.24, 2.45) is 0 Å². The highest BCUT2D eigenvalue weighted by Crippen LogP contribution is 2.20. The summed E-state index contributed by atoms with van der Waals surface area (Å²) in [5.74, 6) is 0.258. The Kier molecular flexibility index (Phi) is 4.95. The number of halogens is 1. The summed E-state index contributed by atoms with van der Waals surface area (Å²) >= 11 is 5.86. The number of nitrogens with one attached hydrogen (secondary N) is 2. The van der Waals surface area contributed by atoms with Gasteiger partial charge in [-0.3, -0.25) is 4.79 Å². The molecular formula is C19H17ClN4O. The topological polar surface area (TPSA) is 66.9 Å². The minimum Gasteiger partial charge on any atom is -0.339 e. The van der Waals surface area contributed by atoms with Crippen LogP contribution in [0.2, 0.25) is 5.02 Å². The third kappa shape index (κ3) is 4.14. The van der Waals surface area contributed by atoms with Gasteiger partial charge in [0.05, 0.1) is 12.4 Å². The Labute approximate surface area is 151 Å². The van der Waals surface area contributed by atoms with Gasteiger partial charge in [0.2, 0.25) is 0 Å². The number of para-hydroxylation sites is 1. The number of aromatic nitrogens is 2. The first-order valence-electron chi connectivity index (χ1n) is 7.75. The molecule has 0 unspecified atom stereocenters. The molecule has 0 saturated carbocycles. The van der Waals surface area contributed by atoms with Gasteiger partial charge in [-0.1, -0.05) is 29.8 Å². The number of rotatable bonds is 4. The molecule has 1 amide bonds. The van der Waals surface area contributed by atoms with Crippen molar-refractivity contribution in [1.82, 2.24) is 9.97 Å². The Hall–Kier alpha value is -2.92. The Balaban J connectivity index is 1.71. The molecule has 0 atom stereocenters. The molecule has 2 N–H and O–H groups in total. The first-order valence-corrected chi connectivity index (χ1v) is 8.13. The number of anilines is 3. The van der Waals surface area contributed by atoms with E-state index in [1.54, 1.807) is 12.1 Å². The van der Waals surface area contributed by atoms with Crippen LogP contribution in [0.4, 0.5) is 17.2 Å². The van der Waals surface area contributed by atoms with E-state index in [2.05, 4.69) is 20.6 Å². The van der Waals surface area contributed by atoms with Gasteiger partial charge >= 0.3 is 0 Å². The maximum Gasteiger partial charge on any atom is 0.275 e. The summed E-state index contributed by atoms with van der Waals surface area (Å²) in [7, 11) is 0. The lowest BCUT2D eigenvalue weighted by molar-refractivity contribution is 0.102. The van der Waals surface area contributed by atoms with E-state index in [9.17, 15) is 4.79 Å². The maximum atomic E-state index is 12.4. The average Bonchev–Trinajstić information content (AvgIpc) is 2.61. The number of hydrogen-bond donors (Lipinski definition) is 2. The Morgan fingerprint density at radius 3 is 2.24 bits per heavy atom. The fraction of sp³-hybridized carbons (Fsp3) is 0.105. The molecule has 0 radical (unpaired) electrons. The van der Waals surface area contributed by atoms with Gasteiger partial charge in [-0.2, -0.15) is 0 Å². The average molecular weight is 353 g/mol. The van der Waals surface area contributed by atoms with Crippen molar-refractivity contribution in [1.29, 1.82) is 0 Å². The molecule has 1 aromatic heterocycles. The van der Waals surface area contributed by atoms with Crippen LogP contribution in [0.1, 0.15) is 21.6 Å². The van der Waals surface area contributed by atoms with Gasteiger partial charge in [0.25, 0.3) is 5.91 Å². The molecule has 0 spiro atoms. The van der Waals surface area contributed by atoms with Crippen LogP contribution in [0.3, 0.4) is 0 Å². The maximum absolute atomic E-state index is 12.4. The van der Waals surface area contributed by atoms with Gasteiger partial charge in [-0.25, -0.2) is 9.97 Å². The van der Waals surface area contributed by atoms with E-state index in [0.29, 0.717) is 10.8 Å². The predicted molar refractivity (Wildman–Crippen MR) is 101 cm³/mol. The summed E-state index contributed by atoms with van der Waals surface area (Å²) in [5.41, 5.74) is 3.90. The Morgan fingerprint density at radius 2 is 1.64 bits per heavy atom. The van der Waals surface area contributed by atoms with E-state index in [1.807, 2.05) is 44.2 Å². The fourth-order valence-corrected chi connectivity index (χ4v) is 2.51. The lowest BCUT2D eigenvalue weighted by Gasteiger charge is -2.11. The van der Waals surface area contributed by atoms with E-state index in [4.69, 9.17) is 11.6 Å². The SMILES string of the molecule is Cc1cccc(C)c1NC(=O)c1cnc(Nc2ccc(Cl)cc2)cn1. The zero-order chi connectivity index (χ0) is 17.8. The van der Waals surface area contributed by atoms with Crippen LogP contribution in [-0.2, 0) is 0 Å². The van der Waals surface area contributed by atoms with Crippen LogP contribution in [0.25, 0.3) is 0 Å². The van der Waals surface area contributed by atoms with Crippen LogP contribution in [-0.4, -0.2) is 15.9 Å². The molecule has 0 aliphatic heterocycles. The van der Waals surface area contributed by atoms with Crippen molar-refractivity contribution in [3.05, 3.63) is 76.7 Å². The number of nitrogens with zero attached hydrogens (tertiary/aromatic N) is 2. The summed E-state index contributed by atoms with van der Waals surface area (Å²) in [6.07, 6.45) is 2.97. The molecule has 2 aromatic carbocycles. The number of aryl methyl sites for hydroxylation is 2. The molecule has 0 bridgehead atoms. The zero-order valence-electron chi connectivity index (χ0n) is 13.9. The predicted octanol–water partition coefficient (Wildman–Crippen LogP) is 4.74. The molecule has 0 aliphatic rings. The molecular weight excluding hydrogens is 336 g/mol. The molecule has 3 aromatic rings. The zero-order valence-corrected chi connectivity index (χ0v) is 14.6. The molecule has 126 valence electrons. The number of hydrogen-bond acceptors (Lipinski definition) is 4. The van der Waals surface area contributed by atoms with Crippen LogP contribution < -0.4 is 10.6 Å². The molecule has 0 fully saturated rings. The Bertz CT molecular complexity index is 872. The largest absolute Gasteiger partial charge is 0.339 e. The van der Waals surface area contributed by atoms with E-state index in [-0.39, 0.29) is 11.6 Å².